The summed E-state index contributed by atoms with van der Waals surface area (Å²) in [5.41, 5.74) is 3.55. The highest BCUT2D eigenvalue weighted by Crippen LogP contribution is 2.44. The number of rotatable bonds is 6. The van der Waals surface area contributed by atoms with Crippen molar-refractivity contribution in [3.63, 3.8) is 0 Å². The van der Waals surface area contributed by atoms with Gasteiger partial charge in [0.2, 0.25) is 5.90 Å². The van der Waals surface area contributed by atoms with E-state index in [9.17, 15) is 0 Å². The summed E-state index contributed by atoms with van der Waals surface area (Å²) in [6, 6.07) is 48.7. The topological polar surface area (TPSA) is 21.6 Å². The molecule has 1 aliphatic rings. The van der Waals surface area contributed by atoms with Crippen molar-refractivity contribution < 1.29 is 4.74 Å². The third kappa shape index (κ3) is 4.73. The molecule has 1 unspecified atom stereocenters. The quantitative estimate of drug-likeness (QED) is 0.192. The lowest BCUT2D eigenvalue weighted by atomic mass is 9.90. The number of nitrogens with zero attached hydrogens (tertiary/aromatic N) is 1. The Kier molecular flexibility index (Phi) is 6.87. The van der Waals surface area contributed by atoms with Gasteiger partial charge in [0.15, 0.2) is 0 Å². The van der Waals surface area contributed by atoms with E-state index >= 15 is 0 Å². The van der Waals surface area contributed by atoms with Crippen LogP contribution in [0.4, 0.5) is 0 Å². The molecule has 1 heterocycles. The molecule has 0 saturated carbocycles. The second-order valence-electron chi connectivity index (χ2n) is 11.0. The second-order valence-corrected chi connectivity index (χ2v) is 13.1. The van der Waals surface area contributed by atoms with Gasteiger partial charge in [-0.3, -0.25) is 0 Å². The highest BCUT2D eigenvalue weighted by Gasteiger charge is 2.29. The minimum Gasteiger partial charge on any atom is -0.475 e. The van der Waals surface area contributed by atoms with Crippen LogP contribution < -0.4 is 15.9 Å². The molecular weight excluding hydrogens is 517 g/mol. The van der Waals surface area contributed by atoms with Gasteiger partial charge >= 0.3 is 0 Å². The minimum absolute atomic E-state index is 0.169. The number of benzene rings is 6. The molecule has 3 heteroatoms. The lowest BCUT2D eigenvalue weighted by molar-refractivity contribution is 0.292. The van der Waals surface area contributed by atoms with Crippen molar-refractivity contribution in [3.05, 3.63) is 139 Å². The summed E-state index contributed by atoms with van der Waals surface area (Å²) >= 11 is 0. The summed E-state index contributed by atoms with van der Waals surface area (Å²) < 4.78 is 6.36. The molecule has 0 saturated heterocycles. The van der Waals surface area contributed by atoms with Crippen LogP contribution in [-0.2, 0) is 4.74 Å². The Hall–Kier alpha value is -4.26. The van der Waals surface area contributed by atoms with Gasteiger partial charge < -0.3 is 4.74 Å². The first kappa shape index (κ1) is 25.7. The van der Waals surface area contributed by atoms with Gasteiger partial charge in [-0.05, 0) is 62.9 Å². The molecule has 6 aromatic rings. The lowest BCUT2D eigenvalue weighted by Gasteiger charge is -2.25. The molecule has 2 nitrogen and oxygen atoms in total. The van der Waals surface area contributed by atoms with Crippen LogP contribution in [0, 0.1) is 5.92 Å². The molecule has 0 spiro atoms. The first-order chi connectivity index (χ1) is 20.2. The first-order valence-electron chi connectivity index (χ1n) is 14.3. The molecule has 1 atom stereocenters. The van der Waals surface area contributed by atoms with E-state index < -0.39 is 7.92 Å². The highest BCUT2D eigenvalue weighted by molar-refractivity contribution is 7.80. The summed E-state index contributed by atoms with van der Waals surface area (Å²) in [7, 11) is -0.843. The summed E-state index contributed by atoms with van der Waals surface area (Å²) in [6.07, 6.45) is 0. The van der Waals surface area contributed by atoms with E-state index in [0.717, 1.165) is 11.5 Å². The van der Waals surface area contributed by atoms with Crippen molar-refractivity contribution in [2.75, 3.05) is 6.61 Å². The van der Waals surface area contributed by atoms with Crippen LogP contribution >= 0.6 is 7.92 Å². The fraction of sp³-hybridized carbons (Fsp3) is 0.132. The van der Waals surface area contributed by atoms with E-state index in [1.54, 1.807) is 0 Å². The average molecular weight is 550 g/mol. The first-order valence-corrected chi connectivity index (χ1v) is 15.7. The van der Waals surface area contributed by atoms with Crippen molar-refractivity contribution in [3.8, 4) is 11.1 Å². The fourth-order valence-electron chi connectivity index (χ4n) is 5.89. The Morgan fingerprint density at radius 2 is 1.15 bits per heavy atom. The number of fused-ring (bicyclic) bond motifs is 2. The summed E-state index contributed by atoms with van der Waals surface area (Å²) in [4.78, 5) is 5.12. The summed E-state index contributed by atoms with van der Waals surface area (Å²) in [5.74, 6) is 1.18. The normalized spacial score (nSPS) is 15.0. The van der Waals surface area contributed by atoms with E-state index in [0.29, 0.717) is 12.5 Å². The summed E-state index contributed by atoms with van der Waals surface area (Å²) in [6.45, 7) is 5.07. The lowest BCUT2D eigenvalue weighted by Crippen LogP contribution is -2.23. The van der Waals surface area contributed by atoms with Crippen molar-refractivity contribution in [2.45, 2.75) is 19.9 Å². The molecule has 200 valence electrons. The Morgan fingerprint density at radius 3 is 1.73 bits per heavy atom. The highest BCUT2D eigenvalue weighted by atomic mass is 31.1. The van der Waals surface area contributed by atoms with Gasteiger partial charge in [-0.15, -0.1) is 0 Å². The number of hydrogen-bond acceptors (Lipinski definition) is 2. The van der Waals surface area contributed by atoms with Gasteiger partial charge in [0, 0.05) is 11.1 Å². The summed E-state index contributed by atoms with van der Waals surface area (Å²) in [5, 5.41) is 8.93. The van der Waals surface area contributed by atoms with E-state index in [-0.39, 0.29) is 6.04 Å². The molecule has 41 heavy (non-hydrogen) atoms. The zero-order valence-electron chi connectivity index (χ0n) is 23.4. The van der Waals surface area contributed by atoms with E-state index in [2.05, 4.69) is 147 Å². The Labute approximate surface area is 243 Å². The smallest absolute Gasteiger partial charge is 0.217 e. The SMILES string of the molecule is CC(C)C1COC(c2ccc3ccccc3c2-c2c(P(c3ccccc3)c3ccccc3)ccc3ccccc23)=N1. The predicted molar refractivity (Wildman–Crippen MR) is 177 cm³/mol. The van der Waals surface area contributed by atoms with Crippen LogP contribution in [0.5, 0.6) is 0 Å². The number of hydrogen-bond donors (Lipinski definition) is 0. The molecule has 0 radical (unpaired) electrons. The monoisotopic (exact) mass is 549 g/mol. The van der Waals surface area contributed by atoms with Crippen LogP contribution in [-0.4, -0.2) is 18.5 Å². The molecule has 0 aliphatic carbocycles. The van der Waals surface area contributed by atoms with Gasteiger partial charge in [-0.1, -0.05) is 141 Å². The van der Waals surface area contributed by atoms with Crippen molar-refractivity contribution in [2.24, 2.45) is 10.9 Å². The van der Waals surface area contributed by atoms with Crippen molar-refractivity contribution >= 4 is 51.3 Å². The molecule has 7 rings (SSSR count). The maximum absolute atomic E-state index is 6.36. The van der Waals surface area contributed by atoms with Crippen molar-refractivity contribution in [1.29, 1.82) is 0 Å². The zero-order chi connectivity index (χ0) is 27.8. The molecule has 0 amide bonds. The largest absolute Gasteiger partial charge is 0.475 e. The molecule has 1 aliphatic heterocycles. The van der Waals surface area contributed by atoms with Crippen LogP contribution in [0.15, 0.2) is 138 Å². The molecular formula is C38H32NOP. The van der Waals surface area contributed by atoms with Crippen LogP contribution in [0.3, 0.4) is 0 Å². The molecule has 6 aromatic carbocycles. The van der Waals surface area contributed by atoms with E-state index in [4.69, 9.17) is 9.73 Å². The zero-order valence-corrected chi connectivity index (χ0v) is 24.3. The van der Waals surface area contributed by atoms with Crippen LogP contribution in [0.1, 0.15) is 19.4 Å². The third-order valence-corrected chi connectivity index (χ3v) is 10.5. The Balaban J connectivity index is 1.60. The molecule has 0 fully saturated rings. The van der Waals surface area contributed by atoms with Gasteiger partial charge in [-0.2, -0.15) is 0 Å². The Morgan fingerprint density at radius 1 is 0.610 bits per heavy atom. The van der Waals surface area contributed by atoms with Crippen molar-refractivity contribution in [1.82, 2.24) is 0 Å². The maximum atomic E-state index is 6.36. The van der Waals surface area contributed by atoms with Gasteiger partial charge in [-0.25, -0.2) is 4.99 Å². The third-order valence-electron chi connectivity index (χ3n) is 8.03. The molecule has 0 aromatic heterocycles. The van der Waals surface area contributed by atoms with Gasteiger partial charge in [0.1, 0.15) is 6.61 Å². The Bertz CT molecular complexity index is 1840. The average Bonchev–Trinajstić information content (AvgIpc) is 3.53. The standard InChI is InChI=1S/C38H32NOP/c1-26(2)34-25-40-38(39-34)33-23-21-27-13-9-11-19-31(27)36(33)37-32-20-12-10-14-28(32)22-24-35(37)41(29-15-5-3-6-16-29)30-17-7-4-8-18-30/h3-24,26,34H,25H2,1-2H3. The van der Waals surface area contributed by atoms with E-state index in [1.165, 1.54) is 48.6 Å². The second kappa shape index (κ2) is 11.0. The fourth-order valence-corrected chi connectivity index (χ4v) is 8.36. The van der Waals surface area contributed by atoms with Crippen LogP contribution in [0.2, 0.25) is 0 Å². The molecule has 0 bridgehead atoms. The van der Waals surface area contributed by atoms with Gasteiger partial charge in [0.25, 0.3) is 0 Å². The van der Waals surface area contributed by atoms with Crippen LogP contribution in [0.25, 0.3) is 32.7 Å². The maximum Gasteiger partial charge on any atom is 0.217 e. The molecule has 0 N–H and O–H groups in total. The van der Waals surface area contributed by atoms with Gasteiger partial charge in [0.05, 0.1) is 6.04 Å². The minimum atomic E-state index is -0.843. The number of aliphatic imine (C=N–C) groups is 1. The van der Waals surface area contributed by atoms with E-state index in [1.807, 2.05) is 0 Å². The number of ether oxygens (including phenoxy) is 1. The predicted octanol–water partition coefficient (Wildman–Crippen LogP) is 8.22.